The smallest absolute Gasteiger partial charge is 0.310 e. The van der Waals surface area contributed by atoms with Gasteiger partial charge in [0, 0.05) is 5.56 Å². The number of benzene rings is 2. The number of carbonyl (C=O) groups is 2. The summed E-state index contributed by atoms with van der Waals surface area (Å²) < 4.78 is 28.7. The Morgan fingerprint density at radius 1 is 1.12 bits per heavy atom. The molecule has 2 aromatic rings. The Hall–Kier alpha value is -2.60. The van der Waals surface area contributed by atoms with E-state index in [4.69, 9.17) is 25.8 Å². The molecule has 1 aliphatic rings. The van der Waals surface area contributed by atoms with Crippen LogP contribution in [0.3, 0.4) is 0 Å². The Balaban J connectivity index is 1.58. The second-order valence-corrected chi connectivity index (χ2v) is 5.78. The lowest BCUT2D eigenvalue weighted by Crippen LogP contribution is -2.17. The fourth-order valence-corrected chi connectivity index (χ4v) is 2.64. The van der Waals surface area contributed by atoms with Gasteiger partial charge in [0.2, 0.25) is 0 Å². The predicted octanol–water partition coefficient (Wildman–Crippen LogP) is 3.22. The number of rotatable bonds is 5. The van der Waals surface area contributed by atoms with Crippen LogP contribution in [0, 0.1) is 5.82 Å². The van der Waals surface area contributed by atoms with Crippen molar-refractivity contribution in [3.8, 4) is 11.5 Å². The molecule has 5 nitrogen and oxygen atoms in total. The summed E-state index contributed by atoms with van der Waals surface area (Å²) in [6.45, 7) is 0.408. The van der Waals surface area contributed by atoms with Crippen LogP contribution in [0.25, 0.3) is 0 Å². The number of ether oxygens (including phenoxy) is 3. The maximum absolute atomic E-state index is 12.8. The van der Waals surface area contributed by atoms with Gasteiger partial charge in [0.1, 0.15) is 19.0 Å². The van der Waals surface area contributed by atoms with Crippen LogP contribution in [0.1, 0.15) is 15.9 Å². The van der Waals surface area contributed by atoms with Crippen molar-refractivity contribution < 1.29 is 28.2 Å². The molecule has 0 saturated carbocycles. The minimum absolute atomic E-state index is 0.0624. The lowest BCUT2D eigenvalue weighted by molar-refractivity contribution is -0.141. The second kappa shape index (κ2) is 7.53. The first kappa shape index (κ1) is 17.2. The van der Waals surface area contributed by atoms with Crippen molar-refractivity contribution in [1.82, 2.24) is 0 Å². The second-order valence-electron chi connectivity index (χ2n) is 5.37. The summed E-state index contributed by atoms with van der Waals surface area (Å²) in [4.78, 5) is 23.8. The van der Waals surface area contributed by atoms with E-state index in [1.54, 1.807) is 12.1 Å². The van der Waals surface area contributed by atoms with Gasteiger partial charge in [-0.2, -0.15) is 0 Å². The van der Waals surface area contributed by atoms with Crippen molar-refractivity contribution in [3.63, 3.8) is 0 Å². The van der Waals surface area contributed by atoms with Crippen molar-refractivity contribution in [2.75, 3.05) is 19.8 Å². The van der Waals surface area contributed by atoms with Crippen LogP contribution in [0.4, 0.5) is 4.39 Å². The zero-order chi connectivity index (χ0) is 17.8. The van der Waals surface area contributed by atoms with Crippen LogP contribution in [-0.4, -0.2) is 31.6 Å². The average molecular weight is 365 g/mol. The van der Waals surface area contributed by atoms with Gasteiger partial charge in [0.15, 0.2) is 23.9 Å². The van der Waals surface area contributed by atoms with Crippen LogP contribution in [0.2, 0.25) is 5.02 Å². The topological polar surface area (TPSA) is 61.8 Å². The average Bonchev–Trinajstić information content (AvgIpc) is 2.60. The van der Waals surface area contributed by atoms with Gasteiger partial charge in [-0.3, -0.25) is 9.59 Å². The molecule has 0 unspecified atom stereocenters. The standard InChI is InChI=1S/C18H14ClFO5/c19-14-7-11(8-16-18(14)24-6-5-23-16)9-17(22)25-10-15(21)12-1-3-13(20)4-2-12/h1-4,7-8H,5-6,9-10H2. The maximum Gasteiger partial charge on any atom is 0.310 e. The first-order valence-electron chi connectivity index (χ1n) is 7.55. The fraction of sp³-hybridized carbons (Fsp3) is 0.222. The van der Waals surface area contributed by atoms with Crippen LogP contribution in [0.5, 0.6) is 11.5 Å². The Bertz CT molecular complexity index is 804. The predicted molar refractivity (Wildman–Crippen MR) is 87.8 cm³/mol. The van der Waals surface area contributed by atoms with Crippen molar-refractivity contribution in [3.05, 3.63) is 58.4 Å². The molecule has 0 aliphatic carbocycles. The van der Waals surface area contributed by atoms with E-state index in [0.717, 1.165) is 0 Å². The summed E-state index contributed by atoms with van der Waals surface area (Å²) in [5.41, 5.74) is 0.866. The van der Waals surface area contributed by atoms with Gasteiger partial charge in [0.05, 0.1) is 11.4 Å². The lowest BCUT2D eigenvalue weighted by atomic mass is 10.1. The number of hydrogen-bond acceptors (Lipinski definition) is 5. The number of esters is 1. The van der Waals surface area contributed by atoms with Gasteiger partial charge in [-0.25, -0.2) is 4.39 Å². The van der Waals surface area contributed by atoms with Crippen molar-refractivity contribution >= 4 is 23.4 Å². The van der Waals surface area contributed by atoms with Gasteiger partial charge in [0.25, 0.3) is 0 Å². The Morgan fingerprint density at radius 2 is 1.84 bits per heavy atom. The summed E-state index contributed by atoms with van der Waals surface area (Å²) in [7, 11) is 0. The fourth-order valence-electron chi connectivity index (χ4n) is 2.35. The summed E-state index contributed by atoms with van der Waals surface area (Å²) in [5.74, 6) is -0.499. The molecule has 0 atom stereocenters. The summed E-state index contributed by atoms with van der Waals surface area (Å²) in [6, 6.07) is 8.28. The highest BCUT2D eigenvalue weighted by Gasteiger charge is 2.18. The molecular formula is C18H14ClFO5. The highest BCUT2D eigenvalue weighted by Crippen LogP contribution is 2.38. The number of fused-ring (bicyclic) bond motifs is 1. The van der Waals surface area contributed by atoms with Crippen molar-refractivity contribution in [2.24, 2.45) is 0 Å². The maximum atomic E-state index is 12.8. The molecule has 3 rings (SSSR count). The van der Waals surface area contributed by atoms with Gasteiger partial charge in [-0.05, 0) is 42.0 Å². The largest absolute Gasteiger partial charge is 0.486 e. The molecule has 7 heteroatoms. The third-order valence-electron chi connectivity index (χ3n) is 3.54. The van der Waals surface area contributed by atoms with Crippen LogP contribution >= 0.6 is 11.6 Å². The molecule has 0 saturated heterocycles. The van der Waals surface area contributed by atoms with Gasteiger partial charge in [-0.1, -0.05) is 11.6 Å². The monoisotopic (exact) mass is 364 g/mol. The van der Waals surface area contributed by atoms with Crippen LogP contribution < -0.4 is 9.47 Å². The minimum atomic E-state index is -0.580. The Morgan fingerprint density at radius 3 is 2.60 bits per heavy atom. The van der Waals surface area contributed by atoms with E-state index in [-0.39, 0.29) is 12.0 Å². The number of carbonyl (C=O) groups excluding carboxylic acids is 2. The molecule has 1 heterocycles. The van der Waals surface area contributed by atoms with Crippen LogP contribution in [-0.2, 0) is 16.0 Å². The molecule has 130 valence electrons. The molecule has 1 aliphatic heterocycles. The molecule has 0 aromatic heterocycles. The Kier molecular flexibility index (Phi) is 5.19. The van der Waals surface area contributed by atoms with E-state index in [2.05, 4.69) is 0 Å². The third kappa shape index (κ3) is 4.28. The van der Waals surface area contributed by atoms with Crippen molar-refractivity contribution in [2.45, 2.75) is 6.42 Å². The number of hydrogen-bond donors (Lipinski definition) is 0. The van der Waals surface area contributed by atoms with E-state index in [0.29, 0.717) is 35.3 Å². The molecule has 0 amide bonds. The van der Waals surface area contributed by atoms with E-state index >= 15 is 0 Å². The molecule has 0 spiro atoms. The van der Waals surface area contributed by atoms with Crippen LogP contribution in [0.15, 0.2) is 36.4 Å². The molecular weight excluding hydrogens is 351 g/mol. The number of halogens is 2. The number of ketones is 1. The SMILES string of the molecule is O=C(Cc1cc(Cl)c2c(c1)OCCO2)OCC(=O)c1ccc(F)cc1. The minimum Gasteiger partial charge on any atom is -0.486 e. The summed E-state index contributed by atoms with van der Waals surface area (Å²) in [5, 5.41) is 0.349. The highest BCUT2D eigenvalue weighted by atomic mass is 35.5. The van der Waals surface area contributed by atoms with Crippen molar-refractivity contribution in [1.29, 1.82) is 0 Å². The zero-order valence-corrected chi connectivity index (χ0v) is 13.8. The van der Waals surface area contributed by atoms with Gasteiger partial charge < -0.3 is 14.2 Å². The van der Waals surface area contributed by atoms with E-state index < -0.39 is 24.2 Å². The van der Waals surface area contributed by atoms with E-state index in [1.165, 1.54) is 24.3 Å². The highest BCUT2D eigenvalue weighted by molar-refractivity contribution is 6.32. The van der Waals surface area contributed by atoms with E-state index in [1.807, 2.05) is 0 Å². The molecule has 2 aromatic carbocycles. The number of Topliss-reactive ketones (excluding diaryl/α,β-unsaturated/α-hetero) is 1. The normalized spacial score (nSPS) is 12.6. The zero-order valence-electron chi connectivity index (χ0n) is 13.1. The Labute approximate surface area is 148 Å². The molecule has 25 heavy (non-hydrogen) atoms. The summed E-state index contributed by atoms with van der Waals surface area (Å²) >= 11 is 6.11. The molecule has 0 N–H and O–H groups in total. The van der Waals surface area contributed by atoms with E-state index in [9.17, 15) is 14.0 Å². The lowest BCUT2D eigenvalue weighted by Gasteiger charge is -2.20. The van der Waals surface area contributed by atoms with Gasteiger partial charge >= 0.3 is 5.97 Å². The summed E-state index contributed by atoms with van der Waals surface area (Å²) in [6.07, 6.45) is -0.0624. The molecule has 0 radical (unpaired) electrons. The first-order chi connectivity index (χ1) is 12.0. The quantitative estimate of drug-likeness (QED) is 0.602. The first-order valence-corrected chi connectivity index (χ1v) is 7.93. The molecule has 0 bridgehead atoms. The third-order valence-corrected chi connectivity index (χ3v) is 3.82. The van der Waals surface area contributed by atoms with Gasteiger partial charge in [-0.15, -0.1) is 0 Å². The molecule has 0 fully saturated rings.